The number of benzene rings is 1. The highest BCUT2D eigenvalue weighted by atomic mass is 16.6. The fraction of sp³-hybridized carbons (Fsp3) is 0.381. The summed E-state index contributed by atoms with van der Waals surface area (Å²) >= 11 is 0. The van der Waals surface area contributed by atoms with E-state index >= 15 is 0 Å². The molecule has 0 aliphatic carbocycles. The first-order valence-corrected chi connectivity index (χ1v) is 9.12. The van der Waals surface area contributed by atoms with Crippen molar-refractivity contribution in [3.8, 4) is 0 Å². The lowest BCUT2D eigenvalue weighted by molar-refractivity contribution is -0.155. The summed E-state index contributed by atoms with van der Waals surface area (Å²) in [5.74, 6) is -0.520. The van der Waals surface area contributed by atoms with Crippen molar-refractivity contribution in [3.05, 3.63) is 64.1 Å². The van der Waals surface area contributed by atoms with Crippen molar-refractivity contribution in [2.75, 3.05) is 5.32 Å². The molecular weight excluding hydrogens is 360 g/mol. The van der Waals surface area contributed by atoms with E-state index in [-0.39, 0.29) is 18.8 Å². The number of aryl methyl sites for hydroxylation is 1. The van der Waals surface area contributed by atoms with Crippen LogP contribution in [0, 0.1) is 0 Å². The zero-order valence-electron chi connectivity index (χ0n) is 16.7. The molecule has 150 valence electrons. The van der Waals surface area contributed by atoms with Crippen molar-refractivity contribution in [3.63, 3.8) is 0 Å². The summed E-state index contributed by atoms with van der Waals surface area (Å²) < 4.78 is 11.7. The highest BCUT2D eigenvalue weighted by Gasteiger charge is 2.19. The number of pyridine rings is 1. The average Bonchev–Trinajstić information content (AvgIpc) is 2.63. The number of anilines is 1. The molecule has 0 saturated heterocycles. The summed E-state index contributed by atoms with van der Waals surface area (Å²) in [6.07, 6.45) is -0.189. The van der Waals surface area contributed by atoms with Crippen molar-refractivity contribution in [2.45, 2.75) is 52.9 Å². The van der Waals surface area contributed by atoms with Gasteiger partial charge >= 0.3 is 12.1 Å². The number of nitrogens with zero attached hydrogens (tertiary/aromatic N) is 1. The maximum atomic E-state index is 12.7. The summed E-state index contributed by atoms with van der Waals surface area (Å²) in [6.45, 7) is 7.01. The van der Waals surface area contributed by atoms with Gasteiger partial charge in [-0.05, 0) is 44.9 Å². The van der Waals surface area contributed by atoms with Crippen LogP contribution in [0.2, 0.25) is 0 Å². The second kappa shape index (κ2) is 9.21. The molecule has 1 aromatic carbocycles. The van der Waals surface area contributed by atoms with Crippen molar-refractivity contribution in [1.29, 1.82) is 0 Å². The number of rotatable bonds is 6. The zero-order valence-corrected chi connectivity index (χ0v) is 16.7. The van der Waals surface area contributed by atoms with Crippen LogP contribution in [0.1, 0.15) is 39.0 Å². The molecule has 0 aliphatic rings. The Bertz CT molecular complexity index is 882. The first-order valence-electron chi connectivity index (χ1n) is 9.12. The third kappa shape index (κ3) is 6.26. The van der Waals surface area contributed by atoms with E-state index in [4.69, 9.17) is 9.47 Å². The van der Waals surface area contributed by atoms with Crippen LogP contribution in [-0.2, 0) is 33.8 Å². The minimum absolute atomic E-state index is 0.0406. The lowest BCUT2D eigenvalue weighted by Crippen LogP contribution is -2.33. The predicted octanol–water partition coefficient (Wildman–Crippen LogP) is 3.50. The Morgan fingerprint density at radius 3 is 2.36 bits per heavy atom. The molecule has 0 saturated carbocycles. The second-order valence-electron chi connectivity index (χ2n) is 7.26. The van der Waals surface area contributed by atoms with E-state index in [1.54, 1.807) is 26.8 Å². The molecule has 0 unspecified atom stereocenters. The number of carbonyl (C=O) groups is 2. The van der Waals surface area contributed by atoms with Gasteiger partial charge in [0.15, 0.2) is 0 Å². The molecule has 1 aromatic heterocycles. The molecule has 1 amide bonds. The van der Waals surface area contributed by atoms with E-state index in [1.807, 2.05) is 37.3 Å². The SMILES string of the molecule is CCc1ccc(NC(=O)OCc2ccccc2)c(=O)n1CC(=O)OC(C)(C)C. The van der Waals surface area contributed by atoms with Gasteiger partial charge < -0.3 is 9.47 Å². The fourth-order valence-electron chi connectivity index (χ4n) is 2.57. The van der Waals surface area contributed by atoms with Gasteiger partial charge in [-0.25, -0.2) is 4.79 Å². The van der Waals surface area contributed by atoms with E-state index in [0.29, 0.717) is 12.1 Å². The molecular formula is C21H26N2O5. The molecule has 7 heteroatoms. The van der Waals surface area contributed by atoms with Crippen LogP contribution in [0.4, 0.5) is 10.5 Å². The highest BCUT2D eigenvalue weighted by molar-refractivity contribution is 5.84. The molecule has 1 heterocycles. The maximum absolute atomic E-state index is 12.7. The van der Waals surface area contributed by atoms with E-state index < -0.39 is 23.2 Å². The topological polar surface area (TPSA) is 86.6 Å². The molecule has 0 fully saturated rings. The second-order valence-corrected chi connectivity index (χ2v) is 7.26. The normalized spacial score (nSPS) is 11.0. The molecule has 0 aliphatic heterocycles. The van der Waals surface area contributed by atoms with Gasteiger partial charge in [0, 0.05) is 5.69 Å². The van der Waals surface area contributed by atoms with Gasteiger partial charge in [0.05, 0.1) is 0 Å². The zero-order chi connectivity index (χ0) is 20.7. The Balaban J connectivity index is 2.11. The van der Waals surface area contributed by atoms with Gasteiger partial charge in [0.25, 0.3) is 5.56 Å². The van der Waals surface area contributed by atoms with E-state index in [1.165, 1.54) is 10.6 Å². The van der Waals surface area contributed by atoms with E-state index in [2.05, 4.69) is 5.32 Å². The third-order valence-electron chi connectivity index (χ3n) is 3.78. The molecule has 7 nitrogen and oxygen atoms in total. The molecule has 0 atom stereocenters. The van der Waals surface area contributed by atoms with Gasteiger partial charge in [0.1, 0.15) is 24.4 Å². The summed E-state index contributed by atoms with van der Waals surface area (Å²) in [7, 11) is 0. The van der Waals surface area contributed by atoms with Crippen molar-refractivity contribution in [2.24, 2.45) is 0 Å². The van der Waals surface area contributed by atoms with Crippen LogP contribution in [0.5, 0.6) is 0 Å². The number of ether oxygens (including phenoxy) is 2. The Labute approximate surface area is 164 Å². The quantitative estimate of drug-likeness (QED) is 0.768. The molecule has 0 radical (unpaired) electrons. The van der Waals surface area contributed by atoms with Gasteiger partial charge in [0.2, 0.25) is 0 Å². The molecule has 2 aromatic rings. The van der Waals surface area contributed by atoms with E-state index in [9.17, 15) is 14.4 Å². The molecule has 28 heavy (non-hydrogen) atoms. The summed E-state index contributed by atoms with van der Waals surface area (Å²) in [4.78, 5) is 36.9. The standard InChI is InChI=1S/C21H26N2O5/c1-5-16-11-12-17(19(25)23(16)13-18(24)28-21(2,3)4)22-20(26)27-14-15-9-7-6-8-10-15/h6-12H,5,13-14H2,1-4H3,(H,22,26). The van der Waals surface area contributed by atoms with Crippen LogP contribution < -0.4 is 10.9 Å². The average molecular weight is 386 g/mol. The van der Waals surface area contributed by atoms with Gasteiger partial charge in [-0.3, -0.25) is 19.5 Å². The number of esters is 1. The Hall–Kier alpha value is -3.09. The molecule has 1 N–H and O–H groups in total. The maximum Gasteiger partial charge on any atom is 0.412 e. The van der Waals surface area contributed by atoms with Gasteiger partial charge in [-0.15, -0.1) is 0 Å². The first-order chi connectivity index (χ1) is 13.2. The Kier molecular flexibility index (Phi) is 6.98. The molecule has 0 spiro atoms. The summed E-state index contributed by atoms with van der Waals surface area (Å²) in [6, 6.07) is 12.4. The molecule has 2 rings (SSSR count). The van der Waals surface area contributed by atoms with Crippen LogP contribution in [0.15, 0.2) is 47.3 Å². The lowest BCUT2D eigenvalue weighted by atomic mass is 10.2. The number of hydrogen-bond acceptors (Lipinski definition) is 5. The number of nitrogens with one attached hydrogen (secondary N) is 1. The van der Waals surface area contributed by atoms with Crippen molar-refractivity contribution >= 4 is 17.7 Å². The monoisotopic (exact) mass is 386 g/mol. The number of hydrogen-bond donors (Lipinski definition) is 1. The largest absolute Gasteiger partial charge is 0.459 e. The highest BCUT2D eigenvalue weighted by Crippen LogP contribution is 2.10. The number of carbonyl (C=O) groups excluding carboxylic acids is 2. The van der Waals surface area contributed by atoms with Gasteiger partial charge in [-0.1, -0.05) is 37.3 Å². The number of amides is 1. The first kappa shape index (κ1) is 21.2. The fourth-order valence-corrected chi connectivity index (χ4v) is 2.57. The summed E-state index contributed by atoms with van der Waals surface area (Å²) in [5.41, 5.74) is 0.408. The lowest BCUT2D eigenvalue weighted by Gasteiger charge is -2.21. The molecule has 0 bridgehead atoms. The van der Waals surface area contributed by atoms with Crippen molar-refractivity contribution < 1.29 is 19.1 Å². The van der Waals surface area contributed by atoms with Crippen molar-refractivity contribution in [1.82, 2.24) is 4.57 Å². The third-order valence-corrected chi connectivity index (χ3v) is 3.78. The Morgan fingerprint density at radius 1 is 1.07 bits per heavy atom. The summed E-state index contributed by atoms with van der Waals surface area (Å²) in [5, 5.41) is 2.45. The minimum Gasteiger partial charge on any atom is -0.459 e. The van der Waals surface area contributed by atoms with Crippen LogP contribution >= 0.6 is 0 Å². The van der Waals surface area contributed by atoms with E-state index in [0.717, 1.165) is 5.56 Å². The van der Waals surface area contributed by atoms with Crippen LogP contribution in [0.3, 0.4) is 0 Å². The minimum atomic E-state index is -0.742. The number of aromatic nitrogens is 1. The Morgan fingerprint density at radius 2 is 1.75 bits per heavy atom. The van der Waals surface area contributed by atoms with Crippen LogP contribution in [-0.4, -0.2) is 22.2 Å². The predicted molar refractivity (Wildman–Crippen MR) is 106 cm³/mol. The van der Waals surface area contributed by atoms with Crippen LogP contribution in [0.25, 0.3) is 0 Å². The smallest absolute Gasteiger partial charge is 0.412 e. The van der Waals surface area contributed by atoms with Gasteiger partial charge in [-0.2, -0.15) is 0 Å².